The topological polar surface area (TPSA) is 83.9 Å². The van der Waals surface area contributed by atoms with Crippen LogP contribution in [0.1, 0.15) is 82.0 Å². The molecule has 0 aromatic carbocycles. The molecule has 1 aliphatic heterocycles. The van der Waals surface area contributed by atoms with Crippen molar-refractivity contribution in [3.63, 3.8) is 0 Å². The predicted octanol–water partition coefficient (Wildman–Crippen LogP) is 3.13. The van der Waals surface area contributed by atoms with Gasteiger partial charge in [-0.2, -0.15) is 5.10 Å². The highest BCUT2D eigenvalue weighted by Gasteiger charge is 2.51. The van der Waals surface area contributed by atoms with Crippen LogP contribution < -0.4 is 5.56 Å². The Morgan fingerprint density at radius 2 is 1.93 bits per heavy atom. The Kier molecular flexibility index (Phi) is 3.90. The number of H-pyrrole nitrogens is 1. The molecule has 7 nitrogen and oxygen atoms in total. The maximum absolute atomic E-state index is 13.1. The van der Waals surface area contributed by atoms with Crippen LogP contribution in [0.5, 0.6) is 0 Å². The Labute approximate surface area is 169 Å². The first-order valence-corrected chi connectivity index (χ1v) is 11.4. The van der Waals surface area contributed by atoms with E-state index >= 15 is 0 Å². The highest BCUT2D eigenvalue weighted by Crippen LogP contribution is 2.53. The van der Waals surface area contributed by atoms with Gasteiger partial charge in [-0.1, -0.05) is 19.3 Å². The first-order chi connectivity index (χ1) is 14.1. The Morgan fingerprint density at radius 1 is 1.10 bits per heavy atom. The van der Waals surface area contributed by atoms with Crippen LogP contribution in [0.2, 0.25) is 0 Å². The van der Waals surface area contributed by atoms with Gasteiger partial charge in [0, 0.05) is 24.9 Å². The number of hydrogen-bond donors (Lipinski definition) is 1. The smallest absolute Gasteiger partial charge is 0.262 e. The number of aromatic amines is 1. The molecule has 1 saturated heterocycles. The average molecular weight is 396 g/mol. The molecule has 4 aliphatic rings. The molecule has 1 spiro atoms. The van der Waals surface area contributed by atoms with Gasteiger partial charge in [0.2, 0.25) is 5.91 Å². The Bertz CT molecular complexity index is 1010. The zero-order valence-electron chi connectivity index (χ0n) is 16.9. The first kappa shape index (κ1) is 17.7. The number of amides is 1. The van der Waals surface area contributed by atoms with Crippen molar-refractivity contribution in [1.29, 1.82) is 0 Å². The summed E-state index contributed by atoms with van der Waals surface area (Å²) >= 11 is 0. The molecule has 1 amide bonds. The van der Waals surface area contributed by atoms with E-state index in [9.17, 15) is 9.59 Å². The van der Waals surface area contributed by atoms with E-state index < -0.39 is 0 Å². The molecular weight excluding hydrogens is 366 g/mol. The molecule has 2 atom stereocenters. The van der Waals surface area contributed by atoms with Crippen molar-refractivity contribution in [2.24, 2.45) is 11.3 Å². The summed E-state index contributed by atoms with van der Waals surface area (Å²) in [6.45, 7) is 1.84. The van der Waals surface area contributed by atoms with E-state index in [0.29, 0.717) is 28.3 Å². The maximum atomic E-state index is 13.1. The fourth-order valence-corrected chi connectivity index (χ4v) is 5.79. The zero-order chi connectivity index (χ0) is 19.6. The van der Waals surface area contributed by atoms with Crippen molar-refractivity contribution in [3.8, 4) is 0 Å². The first-order valence-electron chi connectivity index (χ1n) is 11.4. The lowest BCUT2D eigenvalue weighted by atomic mass is 9.72. The Morgan fingerprint density at radius 3 is 2.62 bits per heavy atom. The van der Waals surface area contributed by atoms with E-state index in [1.807, 2.05) is 4.68 Å². The van der Waals surface area contributed by atoms with E-state index in [-0.39, 0.29) is 23.3 Å². The minimum atomic E-state index is -0.122. The molecule has 0 bridgehead atoms. The average Bonchev–Trinajstić information content (AvgIpc) is 3.11. The van der Waals surface area contributed by atoms with Gasteiger partial charge in [-0.25, -0.2) is 9.67 Å². The molecule has 6 rings (SSSR count). The number of carbonyl (C=O) groups is 1. The lowest BCUT2D eigenvalue weighted by molar-refractivity contribution is -0.138. The summed E-state index contributed by atoms with van der Waals surface area (Å²) in [5, 5.41) is 5.09. The number of rotatable bonds is 3. The molecule has 3 saturated carbocycles. The van der Waals surface area contributed by atoms with Crippen molar-refractivity contribution in [3.05, 3.63) is 22.4 Å². The van der Waals surface area contributed by atoms with Crippen molar-refractivity contribution in [1.82, 2.24) is 24.6 Å². The Hall–Kier alpha value is -2.18. The zero-order valence-corrected chi connectivity index (χ0v) is 16.9. The fourth-order valence-electron chi connectivity index (χ4n) is 5.79. The van der Waals surface area contributed by atoms with Crippen molar-refractivity contribution >= 4 is 16.9 Å². The molecule has 2 aromatic rings. The van der Waals surface area contributed by atoms with Crippen LogP contribution in [-0.2, 0) is 4.79 Å². The van der Waals surface area contributed by atoms with E-state index in [1.165, 1.54) is 32.1 Å². The molecule has 29 heavy (non-hydrogen) atoms. The summed E-state index contributed by atoms with van der Waals surface area (Å²) in [6, 6.07) is 0.335. The third kappa shape index (κ3) is 2.84. The number of fused-ring (bicyclic) bond motifs is 1. The van der Waals surface area contributed by atoms with Crippen LogP contribution in [0.4, 0.5) is 0 Å². The van der Waals surface area contributed by atoms with Crippen molar-refractivity contribution < 1.29 is 4.79 Å². The van der Waals surface area contributed by atoms with Crippen LogP contribution in [0, 0.1) is 11.3 Å². The normalized spacial score (nSPS) is 28.8. The summed E-state index contributed by atoms with van der Waals surface area (Å²) in [5.41, 5.74) is 1.03. The minimum Gasteiger partial charge on any atom is -0.342 e. The van der Waals surface area contributed by atoms with Crippen LogP contribution in [0.15, 0.2) is 11.0 Å². The number of hydrogen-bond acceptors (Lipinski definition) is 4. The predicted molar refractivity (Wildman–Crippen MR) is 109 cm³/mol. The number of carbonyl (C=O) groups excluding carboxylic acids is 1. The van der Waals surface area contributed by atoms with Crippen LogP contribution in [0.3, 0.4) is 0 Å². The highest BCUT2D eigenvalue weighted by molar-refractivity contribution is 5.81. The standard InChI is InChI=1S/C22H29N5O2/c28-20-17-12-23-27(14-4-2-1-3-5-14)19(17)24-18(25-20)15-6-7-16(15)21(29)26-11-10-22(13-26)8-9-22/h12,14-16H,1-11,13H2,(H,24,25,28). The monoisotopic (exact) mass is 395 g/mol. The van der Waals surface area contributed by atoms with Gasteiger partial charge < -0.3 is 9.88 Å². The van der Waals surface area contributed by atoms with Gasteiger partial charge in [-0.15, -0.1) is 0 Å². The third-order valence-corrected chi connectivity index (χ3v) is 8.05. The number of nitrogens with one attached hydrogen (secondary N) is 1. The second-order valence-corrected chi connectivity index (χ2v) is 9.87. The fraction of sp³-hybridized carbons (Fsp3) is 0.727. The van der Waals surface area contributed by atoms with Crippen LogP contribution in [-0.4, -0.2) is 43.6 Å². The number of likely N-dealkylation sites (tertiary alicyclic amines) is 1. The van der Waals surface area contributed by atoms with Crippen molar-refractivity contribution in [2.75, 3.05) is 13.1 Å². The van der Waals surface area contributed by atoms with Gasteiger partial charge in [0.05, 0.1) is 12.2 Å². The van der Waals surface area contributed by atoms with E-state index in [0.717, 1.165) is 45.2 Å². The molecule has 154 valence electrons. The minimum absolute atomic E-state index is 0.0319. The molecule has 7 heteroatoms. The molecule has 4 fully saturated rings. The van der Waals surface area contributed by atoms with Crippen LogP contribution >= 0.6 is 0 Å². The lowest BCUT2D eigenvalue weighted by Gasteiger charge is -2.37. The van der Waals surface area contributed by atoms with Gasteiger partial charge in [0.25, 0.3) is 5.56 Å². The number of aromatic nitrogens is 4. The molecule has 2 aromatic heterocycles. The third-order valence-electron chi connectivity index (χ3n) is 8.05. The van der Waals surface area contributed by atoms with E-state index in [2.05, 4.69) is 15.0 Å². The second-order valence-electron chi connectivity index (χ2n) is 9.87. The van der Waals surface area contributed by atoms with Gasteiger partial charge >= 0.3 is 0 Å². The Balaban J connectivity index is 1.28. The maximum Gasteiger partial charge on any atom is 0.262 e. The highest BCUT2D eigenvalue weighted by atomic mass is 16.2. The molecular formula is C22H29N5O2. The summed E-state index contributed by atoms with van der Waals surface area (Å²) in [6.07, 6.45) is 13.1. The van der Waals surface area contributed by atoms with Crippen LogP contribution in [0.25, 0.3) is 11.0 Å². The van der Waals surface area contributed by atoms with E-state index in [1.54, 1.807) is 6.20 Å². The molecule has 0 radical (unpaired) electrons. The van der Waals surface area contributed by atoms with Crippen molar-refractivity contribution in [2.45, 2.75) is 76.2 Å². The van der Waals surface area contributed by atoms with Gasteiger partial charge in [-0.05, 0) is 50.4 Å². The summed E-state index contributed by atoms with van der Waals surface area (Å²) in [4.78, 5) is 35.8. The van der Waals surface area contributed by atoms with Gasteiger partial charge in [-0.3, -0.25) is 9.59 Å². The summed E-state index contributed by atoms with van der Waals surface area (Å²) < 4.78 is 1.97. The molecule has 2 unspecified atom stereocenters. The number of nitrogens with zero attached hydrogens (tertiary/aromatic N) is 4. The van der Waals surface area contributed by atoms with Gasteiger partial charge in [0.1, 0.15) is 11.2 Å². The molecule has 3 heterocycles. The largest absolute Gasteiger partial charge is 0.342 e. The molecule has 1 N–H and O–H groups in total. The molecule has 3 aliphatic carbocycles. The SMILES string of the molecule is O=C(C1CCC1c1nc2c(cnn2C2CCCCC2)c(=O)[nH]1)N1CCC2(CC2)C1. The lowest BCUT2D eigenvalue weighted by Crippen LogP contribution is -2.42. The van der Waals surface area contributed by atoms with E-state index in [4.69, 9.17) is 4.98 Å². The summed E-state index contributed by atoms with van der Waals surface area (Å²) in [7, 11) is 0. The second kappa shape index (κ2) is 6.41. The van der Waals surface area contributed by atoms with Gasteiger partial charge in [0.15, 0.2) is 5.65 Å². The quantitative estimate of drug-likeness (QED) is 0.865. The summed E-state index contributed by atoms with van der Waals surface area (Å²) in [5.74, 6) is 0.958.